The van der Waals surface area contributed by atoms with Gasteiger partial charge in [-0.3, -0.25) is 0 Å². The summed E-state index contributed by atoms with van der Waals surface area (Å²) in [5.41, 5.74) is 0. The molecule has 1 saturated carbocycles. The largest absolute Gasteiger partial charge is 0.235 e. The van der Waals surface area contributed by atoms with Crippen molar-refractivity contribution in [1.82, 2.24) is 0 Å². The van der Waals surface area contributed by atoms with Crippen LogP contribution in [0.2, 0.25) is 0 Å². The van der Waals surface area contributed by atoms with Gasteiger partial charge in [-0.05, 0) is 25.7 Å². The van der Waals surface area contributed by atoms with Gasteiger partial charge in [-0.1, -0.05) is 0 Å². The highest BCUT2D eigenvalue weighted by Crippen LogP contribution is 2.22. The summed E-state index contributed by atoms with van der Waals surface area (Å²) in [7, 11) is 0. The van der Waals surface area contributed by atoms with Gasteiger partial charge in [0, 0.05) is 0 Å². The monoisotopic (exact) mass is 166 g/mol. The zero-order valence-electron chi connectivity index (χ0n) is 6.69. The normalized spacial score (nSPS) is 28.3. The molecule has 0 aromatic rings. The molecule has 1 rings (SSSR count). The summed E-state index contributed by atoms with van der Waals surface area (Å²) < 4.78 is 0. The number of isocyanates is 2. The summed E-state index contributed by atoms with van der Waals surface area (Å²) in [6, 6.07) is 0.196. The van der Waals surface area contributed by atoms with Crippen LogP contribution < -0.4 is 0 Å². The Balaban J connectivity index is 2.38. The molecule has 64 valence electrons. The maximum Gasteiger partial charge on any atom is 0.235 e. The van der Waals surface area contributed by atoms with Gasteiger partial charge in [-0.2, -0.15) is 0 Å². The molecule has 0 aromatic heterocycles. The van der Waals surface area contributed by atoms with E-state index in [0.29, 0.717) is 0 Å². The van der Waals surface area contributed by atoms with Crippen molar-refractivity contribution >= 4 is 12.2 Å². The van der Waals surface area contributed by atoms with Gasteiger partial charge in [0.1, 0.15) is 0 Å². The first-order chi connectivity index (χ1) is 5.86. The van der Waals surface area contributed by atoms with E-state index in [9.17, 15) is 9.59 Å². The molecule has 0 saturated heterocycles. The molecular weight excluding hydrogens is 156 g/mol. The van der Waals surface area contributed by atoms with Crippen molar-refractivity contribution in [3.63, 3.8) is 0 Å². The number of carbonyl (C=O) groups excluding carboxylic acids is 2. The molecule has 12 heavy (non-hydrogen) atoms. The average Bonchev–Trinajstić information content (AvgIpc) is 2.09. The van der Waals surface area contributed by atoms with Crippen LogP contribution in [-0.4, -0.2) is 24.2 Å². The Bertz CT molecular complexity index is 205. The fraction of sp³-hybridized carbons (Fsp3) is 0.750. The Morgan fingerprint density at radius 2 is 1.17 bits per heavy atom. The molecule has 1 aliphatic rings. The van der Waals surface area contributed by atoms with E-state index in [-0.39, 0.29) is 12.1 Å². The summed E-state index contributed by atoms with van der Waals surface area (Å²) in [6.07, 6.45) is 6.40. The molecule has 0 aromatic carbocycles. The van der Waals surface area contributed by atoms with Gasteiger partial charge in [-0.15, -0.1) is 0 Å². The van der Waals surface area contributed by atoms with Crippen molar-refractivity contribution in [2.75, 3.05) is 0 Å². The number of hydrogen-bond donors (Lipinski definition) is 0. The van der Waals surface area contributed by atoms with Crippen LogP contribution in [0.1, 0.15) is 25.7 Å². The van der Waals surface area contributed by atoms with Gasteiger partial charge in [0.2, 0.25) is 12.2 Å². The fourth-order valence-electron chi connectivity index (χ4n) is 1.47. The fourth-order valence-corrected chi connectivity index (χ4v) is 1.47. The molecule has 1 aliphatic carbocycles. The van der Waals surface area contributed by atoms with Gasteiger partial charge >= 0.3 is 0 Å². The van der Waals surface area contributed by atoms with Gasteiger partial charge in [-0.25, -0.2) is 19.6 Å². The number of rotatable bonds is 2. The molecule has 0 atom stereocenters. The topological polar surface area (TPSA) is 58.9 Å². The second kappa shape index (κ2) is 4.60. The van der Waals surface area contributed by atoms with E-state index in [1.54, 1.807) is 12.2 Å². The minimum absolute atomic E-state index is 0.0978. The first kappa shape index (κ1) is 8.85. The summed E-state index contributed by atoms with van der Waals surface area (Å²) in [6.45, 7) is 0. The molecule has 4 nitrogen and oxygen atoms in total. The predicted molar refractivity (Wildman–Crippen MR) is 42.3 cm³/mol. The van der Waals surface area contributed by atoms with Gasteiger partial charge in [0.25, 0.3) is 0 Å². The average molecular weight is 166 g/mol. The summed E-state index contributed by atoms with van der Waals surface area (Å²) >= 11 is 0. The molecule has 0 aliphatic heterocycles. The Labute approximate surface area is 70.4 Å². The van der Waals surface area contributed by atoms with Crippen LogP contribution >= 0.6 is 0 Å². The maximum absolute atomic E-state index is 9.90. The van der Waals surface area contributed by atoms with Gasteiger partial charge in [0.05, 0.1) is 12.1 Å². The van der Waals surface area contributed by atoms with Gasteiger partial charge in [0.15, 0.2) is 0 Å². The van der Waals surface area contributed by atoms with Gasteiger partial charge < -0.3 is 0 Å². The SMILES string of the molecule is O=C=N[C@H]1CC[C@@H](N=C=O)CC1. The van der Waals surface area contributed by atoms with Crippen LogP contribution in [0.4, 0.5) is 0 Å². The predicted octanol–water partition coefficient (Wildman–Crippen LogP) is 0.969. The standard InChI is InChI=1S/C8H10N2O2/c11-5-9-7-1-2-8(4-3-7)10-6-12/h7-8H,1-4H2/t7-,8+. The third-order valence-electron chi connectivity index (χ3n) is 2.14. The molecule has 0 heterocycles. The Morgan fingerprint density at radius 3 is 1.42 bits per heavy atom. The molecule has 0 N–H and O–H groups in total. The molecule has 0 spiro atoms. The van der Waals surface area contributed by atoms with Crippen LogP contribution in [0.3, 0.4) is 0 Å². The molecular formula is C8H10N2O2. The second-order valence-electron chi connectivity index (χ2n) is 2.90. The Morgan fingerprint density at radius 1 is 0.833 bits per heavy atom. The number of nitrogens with zero attached hydrogens (tertiary/aromatic N) is 2. The van der Waals surface area contributed by atoms with Crippen molar-refractivity contribution in [3.05, 3.63) is 0 Å². The van der Waals surface area contributed by atoms with E-state index in [0.717, 1.165) is 25.7 Å². The molecule has 1 fully saturated rings. The van der Waals surface area contributed by atoms with Crippen molar-refractivity contribution in [3.8, 4) is 0 Å². The Hall–Kier alpha value is -1.24. The van der Waals surface area contributed by atoms with E-state index in [1.165, 1.54) is 0 Å². The highest BCUT2D eigenvalue weighted by molar-refractivity contribution is 5.34. The molecule has 0 amide bonds. The summed E-state index contributed by atoms with van der Waals surface area (Å²) in [5, 5.41) is 0. The highest BCUT2D eigenvalue weighted by Gasteiger charge is 2.19. The molecule has 0 radical (unpaired) electrons. The molecule has 0 bridgehead atoms. The highest BCUT2D eigenvalue weighted by atomic mass is 16.1. The second-order valence-corrected chi connectivity index (χ2v) is 2.90. The van der Waals surface area contributed by atoms with Crippen molar-refractivity contribution in [2.45, 2.75) is 37.8 Å². The summed E-state index contributed by atoms with van der Waals surface area (Å²) in [5.74, 6) is 0. The van der Waals surface area contributed by atoms with E-state index in [4.69, 9.17) is 0 Å². The lowest BCUT2D eigenvalue weighted by atomic mass is 9.92. The lowest BCUT2D eigenvalue weighted by molar-refractivity contribution is 0.394. The van der Waals surface area contributed by atoms with Crippen LogP contribution in [0.25, 0.3) is 0 Å². The van der Waals surface area contributed by atoms with Crippen molar-refractivity contribution < 1.29 is 9.59 Å². The third kappa shape index (κ3) is 2.42. The first-order valence-corrected chi connectivity index (χ1v) is 4.00. The molecule has 0 unspecified atom stereocenters. The lowest BCUT2D eigenvalue weighted by Crippen LogP contribution is -2.19. The van der Waals surface area contributed by atoms with Crippen LogP contribution in [0.15, 0.2) is 9.98 Å². The third-order valence-corrected chi connectivity index (χ3v) is 2.14. The zero-order valence-corrected chi connectivity index (χ0v) is 6.69. The molecule has 4 heteroatoms. The van der Waals surface area contributed by atoms with Crippen molar-refractivity contribution in [2.24, 2.45) is 9.98 Å². The smallest absolute Gasteiger partial charge is 0.211 e. The van der Waals surface area contributed by atoms with Crippen LogP contribution in [0.5, 0.6) is 0 Å². The zero-order chi connectivity index (χ0) is 8.81. The maximum atomic E-state index is 9.90. The van der Waals surface area contributed by atoms with Crippen molar-refractivity contribution in [1.29, 1.82) is 0 Å². The Kier molecular flexibility index (Phi) is 3.39. The van der Waals surface area contributed by atoms with Crippen LogP contribution in [0, 0.1) is 0 Å². The number of hydrogen-bond acceptors (Lipinski definition) is 4. The summed E-state index contributed by atoms with van der Waals surface area (Å²) in [4.78, 5) is 27.1. The van der Waals surface area contributed by atoms with E-state index >= 15 is 0 Å². The van der Waals surface area contributed by atoms with E-state index in [2.05, 4.69) is 9.98 Å². The minimum Gasteiger partial charge on any atom is -0.211 e. The number of aliphatic imine (C=N–C) groups is 2. The quantitative estimate of drug-likeness (QED) is 0.453. The van der Waals surface area contributed by atoms with E-state index in [1.807, 2.05) is 0 Å². The van der Waals surface area contributed by atoms with E-state index < -0.39 is 0 Å². The minimum atomic E-state index is 0.0978. The van der Waals surface area contributed by atoms with Crippen LogP contribution in [-0.2, 0) is 9.59 Å². The lowest BCUT2D eigenvalue weighted by Gasteiger charge is -2.20. The first-order valence-electron chi connectivity index (χ1n) is 4.00.